The molecule has 0 aliphatic heterocycles. The third-order valence-corrected chi connectivity index (χ3v) is 6.62. The molecule has 0 aliphatic carbocycles. The summed E-state index contributed by atoms with van der Waals surface area (Å²) in [7, 11) is 0. The van der Waals surface area contributed by atoms with E-state index in [1.165, 1.54) is 0 Å². The number of aromatic nitrogens is 1. The fraction of sp³-hybridized carbons (Fsp3) is 0.0345. The lowest BCUT2D eigenvalue weighted by Crippen LogP contribution is -2.24. The first kappa shape index (κ1) is 23.7. The van der Waals surface area contributed by atoms with E-state index in [4.69, 9.17) is 28.9 Å². The maximum Gasteiger partial charge on any atom is 0.255 e. The van der Waals surface area contributed by atoms with Gasteiger partial charge in [0.15, 0.2) is 0 Å². The summed E-state index contributed by atoms with van der Waals surface area (Å²) in [5.74, 6) is -0.577. The minimum atomic E-state index is -0.426. The molecule has 0 fully saturated rings. The van der Waals surface area contributed by atoms with Crippen LogP contribution < -0.4 is 11.1 Å². The van der Waals surface area contributed by atoms with Crippen molar-refractivity contribution in [1.29, 1.82) is 0 Å². The van der Waals surface area contributed by atoms with Gasteiger partial charge in [0.25, 0.3) is 5.91 Å². The zero-order valence-electron chi connectivity index (χ0n) is 19.0. The first-order valence-electron chi connectivity index (χ1n) is 11.3. The minimum Gasteiger partial charge on any atom is -0.385 e. The second-order valence-corrected chi connectivity index (χ2v) is 9.15. The molecule has 4 N–H and O–H groups in total. The maximum absolute atomic E-state index is 13.6. The summed E-state index contributed by atoms with van der Waals surface area (Å²) in [6, 6.07) is 27.5. The second kappa shape index (κ2) is 9.90. The molecule has 0 saturated heterocycles. The number of nitrogens with two attached hydrogens (primary N) is 1. The number of benzene rings is 4. The lowest BCUT2D eigenvalue weighted by Gasteiger charge is -2.12. The van der Waals surface area contributed by atoms with Crippen LogP contribution in [0.5, 0.6) is 0 Å². The van der Waals surface area contributed by atoms with Crippen LogP contribution in [0.25, 0.3) is 21.9 Å². The summed E-state index contributed by atoms with van der Waals surface area (Å²) in [5, 5.41) is 5.72. The quantitative estimate of drug-likeness (QED) is 0.216. The standard InChI is InChI=1S/C29H21Cl2N3O2/c30-20-14-13-19(23(31)15-20)16-33-29(36)25-24(22-12-6-10-17-7-4-5-11-21(17)22)26(34-28(25)32)27(35)18-8-2-1-3-9-18/h1-15,34H,16,32H2,(H,33,36). The van der Waals surface area contributed by atoms with Crippen molar-refractivity contribution in [2.24, 2.45) is 0 Å². The van der Waals surface area contributed by atoms with Crippen molar-refractivity contribution in [3.8, 4) is 11.1 Å². The van der Waals surface area contributed by atoms with Gasteiger partial charge in [0.05, 0.1) is 11.3 Å². The average molecular weight is 514 g/mol. The molecular weight excluding hydrogens is 493 g/mol. The van der Waals surface area contributed by atoms with Crippen LogP contribution in [-0.4, -0.2) is 16.7 Å². The predicted octanol–water partition coefficient (Wildman–Crippen LogP) is 6.88. The number of nitrogens with one attached hydrogen (secondary N) is 2. The fourth-order valence-corrected chi connectivity index (χ4v) is 4.78. The van der Waals surface area contributed by atoms with Crippen LogP contribution in [0.1, 0.15) is 32.0 Å². The molecule has 0 atom stereocenters. The van der Waals surface area contributed by atoms with Crippen LogP contribution in [-0.2, 0) is 6.54 Å². The number of H-pyrrole nitrogens is 1. The zero-order valence-corrected chi connectivity index (χ0v) is 20.5. The van der Waals surface area contributed by atoms with Gasteiger partial charge in [-0.2, -0.15) is 0 Å². The number of rotatable bonds is 6. The number of ketones is 1. The molecule has 178 valence electrons. The number of hydrogen-bond donors (Lipinski definition) is 3. The van der Waals surface area contributed by atoms with Crippen molar-refractivity contribution in [3.05, 3.63) is 123 Å². The topological polar surface area (TPSA) is 88.0 Å². The highest BCUT2D eigenvalue weighted by atomic mass is 35.5. The molecule has 7 heteroatoms. The average Bonchev–Trinajstić information content (AvgIpc) is 3.24. The van der Waals surface area contributed by atoms with E-state index in [0.29, 0.717) is 26.7 Å². The molecule has 0 unspecified atom stereocenters. The molecule has 5 nitrogen and oxygen atoms in total. The summed E-state index contributed by atoms with van der Waals surface area (Å²) in [4.78, 5) is 30.1. The van der Waals surface area contributed by atoms with Gasteiger partial charge in [0.2, 0.25) is 5.78 Å². The van der Waals surface area contributed by atoms with E-state index in [1.54, 1.807) is 42.5 Å². The molecule has 4 aromatic carbocycles. The highest BCUT2D eigenvalue weighted by Gasteiger charge is 2.28. The smallest absolute Gasteiger partial charge is 0.255 e. The normalized spacial score (nSPS) is 10.9. The van der Waals surface area contributed by atoms with Gasteiger partial charge in [0, 0.05) is 27.7 Å². The van der Waals surface area contributed by atoms with Crippen LogP contribution in [0, 0.1) is 0 Å². The van der Waals surface area contributed by atoms with Gasteiger partial charge in [-0.25, -0.2) is 0 Å². The number of carbonyl (C=O) groups is 2. The van der Waals surface area contributed by atoms with Crippen LogP contribution >= 0.6 is 23.2 Å². The molecule has 0 bridgehead atoms. The highest BCUT2D eigenvalue weighted by molar-refractivity contribution is 6.35. The Bertz CT molecular complexity index is 1600. The molecule has 36 heavy (non-hydrogen) atoms. The minimum absolute atomic E-state index is 0.108. The molecular formula is C29H21Cl2N3O2. The first-order chi connectivity index (χ1) is 17.4. The Morgan fingerprint density at radius 3 is 2.36 bits per heavy atom. The predicted molar refractivity (Wildman–Crippen MR) is 146 cm³/mol. The third kappa shape index (κ3) is 4.47. The fourth-order valence-electron chi connectivity index (χ4n) is 4.30. The Labute approximate surface area is 217 Å². The monoisotopic (exact) mass is 513 g/mol. The number of carbonyl (C=O) groups excluding carboxylic acids is 2. The highest BCUT2D eigenvalue weighted by Crippen LogP contribution is 2.37. The van der Waals surface area contributed by atoms with Gasteiger partial charge in [-0.1, -0.05) is 102 Å². The summed E-state index contributed by atoms with van der Waals surface area (Å²) in [5.41, 5.74) is 9.18. The van der Waals surface area contributed by atoms with Gasteiger partial charge in [-0.3, -0.25) is 9.59 Å². The Kier molecular flexibility index (Phi) is 6.51. The van der Waals surface area contributed by atoms with E-state index in [1.807, 2.05) is 48.5 Å². The summed E-state index contributed by atoms with van der Waals surface area (Å²) in [6.07, 6.45) is 0. The molecule has 1 amide bonds. The molecule has 1 aromatic heterocycles. The van der Waals surface area contributed by atoms with E-state index in [9.17, 15) is 9.59 Å². The molecule has 5 aromatic rings. The van der Waals surface area contributed by atoms with Gasteiger partial charge >= 0.3 is 0 Å². The van der Waals surface area contributed by atoms with Crippen LogP contribution in [0.2, 0.25) is 10.0 Å². The molecule has 1 heterocycles. The van der Waals surface area contributed by atoms with Crippen LogP contribution in [0.4, 0.5) is 5.82 Å². The Hall–Kier alpha value is -4.06. The lowest BCUT2D eigenvalue weighted by molar-refractivity contribution is 0.0952. The molecule has 5 rings (SSSR count). The van der Waals surface area contributed by atoms with Gasteiger partial charge in [0.1, 0.15) is 5.82 Å². The van der Waals surface area contributed by atoms with Crippen molar-refractivity contribution in [3.63, 3.8) is 0 Å². The number of aromatic amines is 1. The maximum atomic E-state index is 13.6. The number of anilines is 1. The number of fused-ring (bicyclic) bond motifs is 1. The van der Waals surface area contributed by atoms with Crippen LogP contribution in [0.3, 0.4) is 0 Å². The Morgan fingerprint density at radius 1 is 0.861 bits per heavy atom. The van der Waals surface area contributed by atoms with Crippen molar-refractivity contribution >= 4 is 51.5 Å². The zero-order chi connectivity index (χ0) is 25.2. The lowest BCUT2D eigenvalue weighted by atomic mass is 9.92. The summed E-state index contributed by atoms with van der Waals surface area (Å²) >= 11 is 12.3. The SMILES string of the molecule is Nc1[nH]c(C(=O)c2ccccc2)c(-c2cccc3ccccc23)c1C(=O)NCc1ccc(Cl)cc1Cl. The van der Waals surface area contributed by atoms with Gasteiger partial charge in [-0.15, -0.1) is 0 Å². The molecule has 0 aliphatic rings. The van der Waals surface area contributed by atoms with Crippen molar-refractivity contribution in [2.75, 3.05) is 5.73 Å². The summed E-state index contributed by atoms with van der Waals surface area (Å²) in [6.45, 7) is 0.163. The second-order valence-electron chi connectivity index (χ2n) is 8.30. The molecule has 0 spiro atoms. The van der Waals surface area contributed by atoms with E-state index >= 15 is 0 Å². The van der Waals surface area contributed by atoms with Crippen molar-refractivity contribution < 1.29 is 9.59 Å². The van der Waals surface area contributed by atoms with Crippen molar-refractivity contribution in [2.45, 2.75) is 6.54 Å². The van der Waals surface area contributed by atoms with Gasteiger partial charge < -0.3 is 16.0 Å². The van der Waals surface area contributed by atoms with E-state index < -0.39 is 5.91 Å². The van der Waals surface area contributed by atoms with E-state index in [-0.39, 0.29) is 29.4 Å². The number of halogens is 2. The van der Waals surface area contributed by atoms with Gasteiger partial charge in [-0.05, 0) is 34.0 Å². The largest absolute Gasteiger partial charge is 0.385 e. The molecule has 0 saturated carbocycles. The number of nitrogen functional groups attached to an aromatic ring is 1. The molecule has 0 radical (unpaired) electrons. The number of amides is 1. The number of hydrogen-bond acceptors (Lipinski definition) is 3. The van der Waals surface area contributed by atoms with Crippen molar-refractivity contribution in [1.82, 2.24) is 10.3 Å². The van der Waals surface area contributed by atoms with E-state index in [2.05, 4.69) is 10.3 Å². The summed E-state index contributed by atoms with van der Waals surface area (Å²) < 4.78 is 0. The first-order valence-corrected chi connectivity index (χ1v) is 12.0. The van der Waals surface area contributed by atoms with E-state index in [0.717, 1.165) is 16.3 Å². The third-order valence-electron chi connectivity index (χ3n) is 6.03. The Morgan fingerprint density at radius 2 is 1.58 bits per heavy atom. The Balaban J connectivity index is 1.64. The van der Waals surface area contributed by atoms with Crippen LogP contribution in [0.15, 0.2) is 91.0 Å².